The number of hydrogen-bond donors (Lipinski definition) is 2. The molecule has 162 valence electrons. The van der Waals surface area contributed by atoms with Crippen molar-refractivity contribution in [1.29, 1.82) is 0 Å². The van der Waals surface area contributed by atoms with Crippen molar-refractivity contribution in [3.63, 3.8) is 0 Å². The summed E-state index contributed by atoms with van der Waals surface area (Å²) in [6.07, 6.45) is 2.32. The second-order valence-electron chi connectivity index (χ2n) is 7.80. The van der Waals surface area contributed by atoms with Gasteiger partial charge in [-0.15, -0.1) is 0 Å². The van der Waals surface area contributed by atoms with Gasteiger partial charge in [-0.2, -0.15) is 0 Å². The Bertz CT molecular complexity index is 998. The van der Waals surface area contributed by atoms with Crippen LogP contribution in [0.1, 0.15) is 55.1 Å². The number of amides is 4. The SMILES string of the molecule is CCCc1ccc([C@]2(C)NC(=O)N(CC(=O)c3ccc(NC(=O)CC)cc3)C2=O)cc1. The van der Waals surface area contributed by atoms with E-state index in [-0.39, 0.29) is 18.2 Å². The number of hydrogen-bond acceptors (Lipinski definition) is 4. The van der Waals surface area contributed by atoms with Crippen LogP contribution < -0.4 is 10.6 Å². The van der Waals surface area contributed by atoms with E-state index in [1.165, 1.54) is 0 Å². The third-order valence-electron chi connectivity index (χ3n) is 5.46. The van der Waals surface area contributed by atoms with Gasteiger partial charge in [-0.25, -0.2) is 4.79 Å². The van der Waals surface area contributed by atoms with Gasteiger partial charge >= 0.3 is 6.03 Å². The van der Waals surface area contributed by atoms with Crippen LogP contribution in [0.5, 0.6) is 0 Å². The summed E-state index contributed by atoms with van der Waals surface area (Å²) in [6, 6.07) is 13.4. The lowest BCUT2D eigenvalue weighted by molar-refractivity contribution is -0.130. The van der Waals surface area contributed by atoms with Gasteiger partial charge in [-0.05, 0) is 48.7 Å². The van der Waals surface area contributed by atoms with Gasteiger partial charge in [0.2, 0.25) is 5.91 Å². The zero-order chi connectivity index (χ0) is 22.6. The summed E-state index contributed by atoms with van der Waals surface area (Å²) in [6.45, 7) is 5.14. The quantitative estimate of drug-likeness (QED) is 0.502. The van der Waals surface area contributed by atoms with Crippen molar-refractivity contribution in [3.8, 4) is 0 Å². The van der Waals surface area contributed by atoms with E-state index < -0.39 is 17.5 Å². The Morgan fingerprint density at radius 3 is 2.23 bits per heavy atom. The van der Waals surface area contributed by atoms with Crippen LogP contribution in [-0.2, 0) is 21.5 Å². The molecular formula is C24H27N3O4. The van der Waals surface area contributed by atoms with Gasteiger partial charge in [0.25, 0.3) is 5.91 Å². The summed E-state index contributed by atoms with van der Waals surface area (Å²) in [5.41, 5.74) is 1.56. The summed E-state index contributed by atoms with van der Waals surface area (Å²) >= 11 is 0. The molecule has 1 atom stereocenters. The maximum absolute atomic E-state index is 13.1. The molecule has 7 nitrogen and oxygen atoms in total. The fraction of sp³-hybridized carbons (Fsp3) is 0.333. The van der Waals surface area contributed by atoms with Crippen LogP contribution in [0.15, 0.2) is 48.5 Å². The van der Waals surface area contributed by atoms with E-state index >= 15 is 0 Å². The Morgan fingerprint density at radius 1 is 1.00 bits per heavy atom. The average Bonchev–Trinajstić information content (AvgIpc) is 2.98. The number of carbonyl (C=O) groups excluding carboxylic acids is 4. The minimum Gasteiger partial charge on any atom is -0.326 e. The number of aryl methyl sites for hydroxylation is 1. The molecule has 0 aliphatic carbocycles. The summed E-state index contributed by atoms with van der Waals surface area (Å²) in [7, 11) is 0. The number of nitrogens with zero attached hydrogens (tertiary/aromatic N) is 1. The summed E-state index contributed by atoms with van der Waals surface area (Å²) in [5, 5.41) is 5.44. The first-order valence-corrected chi connectivity index (χ1v) is 10.4. The van der Waals surface area contributed by atoms with Crippen LogP contribution in [0.3, 0.4) is 0 Å². The Labute approximate surface area is 181 Å². The van der Waals surface area contributed by atoms with Crippen molar-refractivity contribution in [2.45, 2.75) is 45.6 Å². The number of Topliss-reactive ketones (excluding diaryl/α,β-unsaturated/α-hetero) is 1. The molecule has 1 aliphatic heterocycles. The van der Waals surface area contributed by atoms with Gasteiger partial charge in [0.05, 0.1) is 6.54 Å². The van der Waals surface area contributed by atoms with E-state index in [0.717, 1.165) is 23.3 Å². The van der Waals surface area contributed by atoms with Crippen molar-refractivity contribution in [2.75, 3.05) is 11.9 Å². The van der Waals surface area contributed by atoms with Crippen molar-refractivity contribution in [2.24, 2.45) is 0 Å². The third-order valence-corrected chi connectivity index (χ3v) is 5.46. The van der Waals surface area contributed by atoms with Crippen LogP contribution in [0.25, 0.3) is 0 Å². The number of benzene rings is 2. The zero-order valence-electron chi connectivity index (χ0n) is 18.0. The van der Waals surface area contributed by atoms with E-state index in [2.05, 4.69) is 17.6 Å². The van der Waals surface area contributed by atoms with Crippen molar-refractivity contribution in [3.05, 3.63) is 65.2 Å². The van der Waals surface area contributed by atoms with Gasteiger partial charge in [-0.3, -0.25) is 19.3 Å². The van der Waals surface area contributed by atoms with Crippen LogP contribution >= 0.6 is 0 Å². The van der Waals surface area contributed by atoms with Crippen LogP contribution in [0.4, 0.5) is 10.5 Å². The lowest BCUT2D eigenvalue weighted by Gasteiger charge is -2.22. The highest BCUT2D eigenvalue weighted by Crippen LogP contribution is 2.29. The van der Waals surface area contributed by atoms with Gasteiger partial charge in [0, 0.05) is 17.7 Å². The molecular weight excluding hydrogens is 394 g/mol. The molecule has 0 radical (unpaired) electrons. The molecule has 0 bridgehead atoms. The Morgan fingerprint density at radius 2 is 1.65 bits per heavy atom. The third kappa shape index (κ3) is 4.66. The molecule has 0 saturated carbocycles. The number of anilines is 1. The second-order valence-corrected chi connectivity index (χ2v) is 7.80. The van der Waals surface area contributed by atoms with E-state index in [1.807, 2.05) is 24.3 Å². The van der Waals surface area contributed by atoms with Gasteiger partial charge in [0.1, 0.15) is 5.54 Å². The van der Waals surface area contributed by atoms with E-state index in [1.54, 1.807) is 38.1 Å². The van der Waals surface area contributed by atoms with E-state index in [9.17, 15) is 19.2 Å². The second kappa shape index (κ2) is 9.12. The van der Waals surface area contributed by atoms with Crippen LogP contribution in [-0.4, -0.2) is 35.1 Å². The Kier molecular flexibility index (Phi) is 6.53. The number of ketones is 1. The lowest BCUT2D eigenvalue weighted by atomic mass is 9.91. The van der Waals surface area contributed by atoms with Crippen molar-refractivity contribution >= 4 is 29.3 Å². The number of urea groups is 1. The van der Waals surface area contributed by atoms with Gasteiger partial charge in [0.15, 0.2) is 5.78 Å². The molecule has 4 amide bonds. The minimum absolute atomic E-state index is 0.125. The number of nitrogens with one attached hydrogen (secondary N) is 2. The van der Waals surface area contributed by atoms with E-state index in [0.29, 0.717) is 23.2 Å². The molecule has 7 heteroatoms. The monoisotopic (exact) mass is 421 g/mol. The molecule has 3 rings (SSSR count). The molecule has 2 N–H and O–H groups in total. The van der Waals surface area contributed by atoms with Crippen LogP contribution in [0, 0.1) is 0 Å². The highest BCUT2D eigenvalue weighted by atomic mass is 16.2. The molecule has 2 aromatic carbocycles. The molecule has 0 spiro atoms. The molecule has 31 heavy (non-hydrogen) atoms. The van der Waals surface area contributed by atoms with Crippen LogP contribution in [0.2, 0.25) is 0 Å². The number of carbonyl (C=O) groups is 4. The summed E-state index contributed by atoms with van der Waals surface area (Å²) in [5.74, 6) is -0.944. The topological polar surface area (TPSA) is 95.6 Å². The fourth-order valence-corrected chi connectivity index (χ4v) is 3.55. The summed E-state index contributed by atoms with van der Waals surface area (Å²) in [4.78, 5) is 50.7. The van der Waals surface area contributed by atoms with Gasteiger partial charge in [-0.1, -0.05) is 44.5 Å². The molecule has 1 aliphatic rings. The average molecular weight is 421 g/mol. The maximum atomic E-state index is 13.1. The summed E-state index contributed by atoms with van der Waals surface area (Å²) < 4.78 is 0. The lowest BCUT2D eigenvalue weighted by Crippen LogP contribution is -2.41. The Balaban J connectivity index is 1.72. The smallest absolute Gasteiger partial charge is 0.325 e. The zero-order valence-corrected chi connectivity index (χ0v) is 18.0. The molecule has 1 heterocycles. The highest BCUT2D eigenvalue weighted by molar-refractivity contribution is 6.11. The largest absolute Gasteiger partial charge is 0.326 e. The van der Waals surface area contributed by atoms with Crippen molar-refractivity contribution < 1.29 is 19.2 Å². The molecule has 0 unspecified atom stereocenters. The van der Waals surface area contributed by atoms with E-state index in [4.69, 9.17) is 0 Å². The first-order valence-electron chi connectivity index (χ1n) is 10.4. The number of rotatable bonds is 8. The molecule has 1 saturated heterocycles. The van der Waals surface area contributed by atoms with Crippen molar-refractivity contribution in [1.82, 2.24) is 10.2 Å². The first-order chi connectivity index (χ1) is 14.8. The predicted octanol–water partition coefficient (Wildman–Crippen LogP) is 3.64. The highest BCUT2D eigenvalue weighted by Gasteiger charge is 2.49. The predicted molar refractivity (Wildman–Crippen MR) is 118 cm³/mol. The molecule has 1 fully saturated rings. The maximum Gasteiger partial charge on any atom is 0.325 e. The van der Waals surface area contributed by atoms with Gasteiger partial charge < -0.3 is 10.6 Å². The first kappa shape index (κ1) is 22.2. The Hall–Kier alpha value is -3.48. The minimum atomic E-state index is -1.21. The molecule has 2 aromatic rings. The normalized spacial score (nSPS) is 18.1. The fourth-order valence-electron chi connectivity index (χ4n) is 3.55. The number of imide groups is 1. The molecule has 0 aromatic heterocycles. The standard InChI is InChI=1S/C24H27N3O4/c1-4-6-16-7-11-18(12-8-16)24(3)22(30)27(23(31)26-24)15-20(28)17-9-13-19(14-10-17)25-21(29)5-2/h7-14H,4-6,15H2,1-3H3,(H,25,29)(H,26,31)/t24-/m0/s1.